The SMILES string of the molecule is CC(C)c1nnc(CCC(=O)N2CCOC[C@@H](Cc3ccncn3)C2)o1. The van der Waals surface area contributed by atoms with E-state index in [1.165, 1.54) is 0 Å². The van der Waals surface area contributed by atoms with Crippen molar-refractivity contribution >= 4 is 5.91 Å². The Kier molecular flexibility index (Phi) is 6.27. The van der Waals surface area contributed by atoms with Crippen molar-refractivity contribution in [3.05, 3.63) is 36.1 Å². The van der Waals surface area contributed by atoms with Crippen LogP contribution >= 0.6 is 0 Å². The summed E-state index contributed by atoms with van der Waals surface area (Å²) in [5.74, 6) is 1.64. The van der Waals surface area contributed by atoms with Gasteiger partial charge in [0.1, 0.15) is 6.33 Å². The lowest BCUT2D eigenvalue weighted by Gasteiger charge is -2.23. The van der Waals surface area contributed by atoms with Crippen molar-refractivity contribution in [1.82, 2.24) is 25.1 Å². The Labute approximate surface area is 153 Å². The second-order valence-electron chi connectivity index (χ2n) is 6.87. The van der Waals surface area contributed by atoms with Crippen molar-refractivity contribution in [3.63, 3.8) is 0 Å². The Bertz CT molecular complexity index is 704. The first-order valence-electron chi connectivity index (χ1n) is 9.04. The summed E-state index contributed by atoms with van der Waals surface area (Å²) in [6.45, 7) is 6.47. The molecule has 8 nitrogen and oxygen atoms in total. The Hall–Kier alpha value is -2.35. The first kappa shape index (κ1) is 18.4. The lowest BCUT2D eigenvalue weighted by atomic mass is 10.0. The van der Waals surface area contributed by atoms with Crippen molar-refractivity contribution in [3.8, 4) is 0 Å². The Morgan fingerprint density at radius 2 is 2.27 bits per heavy atom. The average molecular weight is 359 g/mol. The predicted molar refractivity (Wildman–Crippen MR) is 93.3 cm³/mol. The van der Waals surface area contributed by atoms with Gasteiger partial charge in [0.2, 0.25) is 17.7 Å². The molecule has 8 heteroatoms. The molecule has 3 rings (SSSR count). The maximum atomic E-state index is 12.6. The number of carbonyl (C=O) groups excluding carboxylic acids is 1. The minimum atomic E-state index is 0.0903. The summed E-state index contributed by atoms with van der Waals surface area (Å²) >= 11 is 0. The second kappa shape index (κ2) is 8.84. The first-order chi connectivity index (χ1) is 12.6. The van der Waals surface area contributed by atoms with Gasteiger partial charge in [-0.25, -0.2) is 9.97 Å². The van der Waals surface area contributed by atoms with Crippen LogP contribution in [-0.4, -0.2) is 57.3 Å². The van der Waals surface area contributed by atoms with Crippen LogP contribution in [0.1, 0.15) is 43.7 Å². The molecule has 2 aromatic rings. The number of hydrogen-bond acceptors (Lipinski definition) is 7. The molecule has 0 N–H and O–H groups in total. The van der Waals surface area contributed by atoms with E-state index in [-0.39, 0.29) is 17.7 Å². The maximum absolute atomic E-state index is 12.6. The number of amides is 1. The number of rotatable bonds is 6. The minimum absolute atomic E-state index is 0.0903. The lowest BCUT2D eigenvalue weighted by molar-refractivity contribution is -0.131. The molecule has 0 aliphatic carbocycles. The number of ether oxygens (including phenoxy) is 1. The van der Waals surface area contributed by atoms with E-state index in [9.17, 15) is 4.79 Å². The zero-order valence-corrected chi connectivity index (χ0v) is 15.3. The fourth-order valence-corrected chi connectivity index (χ4v) is 2.94. The van der Waals surface area contributed by atoms with E-state index in [0.717, 1.165) is 12.1 Å². The van der Waals surface area contributed by atoms with E-state index >= 15 is 0 Å². The third-order valence-corrected chi connectivity index (χ3v) is 4.36. The molecular weight excluding hydrogens is 334 g/mol. The number of hydrogen-bond donors (Lipinski definition) is 0. The second-order valence-corrected chi connectivity index (χ2v) is 6.87. The molecule has 3 heterocycles. The zero-order valence-electron chi connectivity index (χ0n) is 15.3. The van der Waals surface area contributed by atoms with Crippen LogP contribution in [0.15, 0.2) is 23.0 Å². The molecule has 0 aromatic carbocycles. The molecule has 1 aliphatic heterocycles. The van der Waals surface area contributed by atoms with Crippen molar-refractivity contribution in [1.29, 1.82) is 0 Å². The van der Waals surface area contributed by atoms with Gasteiger partial charge in [0.15, 0.2) is 0 Å². The minimum Gasteiger partial charge on any atom is -0.425 e. The van der Waals surface area contributed by atoms with E-state index in [2.05, 4.69) is 20.2 Å². The van der Waals surface area contributed by atoms with Crippen LogP contribution in [0.25, 0.3) is 0 Å². The monoisotopic (exact) mass is 359 g/mol. The fourth-order valence-electron chi connectivity index (χ4n) is 2.94. The van der Waals surface area contributed by atoms with Gasteiger partial charge >= 0.3 is 0 Å². The molecule has 0 bridgehead atoms. The molecule has 26 heavy (non-hydrogen) atoms. The Morgan fingerprint density at radius 3 is 3.00 bits per heavy atom. The molecule has 1 aliphatic rings. The van der Waals surface area contributed by atoms with Gasteiger partial charge in [0.25, 0.3) is 0 Å². The van der Waals surface area contributed by atoms with E-state index in [1.807, 2.05) is 24.8 Å². The Balaban J connectivity index is 1.53. The van der Waals surface area contributed by atoms with Gasteiger partial charge < -0.3 is 14.1 Å². The number of nitrogens with zero attached hydrogens (tertiary/aromatic N) is 5. The van der Waals surface area contributed by atoms with Gasteiger partial charge in [-0.15, -0.1) is 10.2 Å². The van der Waals surface area contributed by atoms with Crippen LogP contribution in [0, 0.1) is 5.92 Å². The first-order valence-corrected chi connectivity index (χ1v) is 9.04. The van der Waals surface area contributed by atoms with E-state index < -0.39 is 0 Å². The highest BCUT2D eigenvalue weighted by Gasteiger charge is 2.23. The molecule has 0 unspecified atom stereocenters. The topological polar surface area (TPSA) is 94.2 Å². The van der Waals surface area contributed by atoms with Crippen LogP contribution in [0.2, 0.25) is 0 Å². The van der Waals surface area contributed by atoms with Gasteiger partial charge in [0.05, 0.1) is 13.2 Å². The number of aromatic nitrogens is 4. The predicted octanol–water partition coefficient (Wildman–Crippen LogP) is 1.63. The van der Waals surface area contributed by atoms with Crippen molar-refractivity contribution in [2.75, 3.05) is 26.3 Å². The highest BCUT2D eigenvalue weighted by molar-refractivity contribution is 5.76. The summed E-state index contributed by atoms with van der Waals surface area (Å²) < 4.78 is 11.2. The summed E-state index contributed by atoms with van der Waals surface area (Å²) in [5, 5.41) is 8.02. The van der Waals surface area contributed by atoms with Crippen LogP contribution in [0.4, 0.5) is 0 Å². The highest BCUT2D eigenvalue weighted by Crippen LogP contribution is 2.15. The van der Waals surface area contributed by atoms with Crippen LogP contribution in [0.5, 0.6) is 0 Å². The largest absolute Gasteiger partial charge is 0.425 e. The molecule has 0 radical (unpaired) electrons. The molecule has 0 spiro atoms. The van der Waals surface area contributed by atoms with Gasteiger partial charge in [-0.1, -0.05) is 13.8 Å². The standard InChI is InChI=1S/C18H25N5O3/c1-13(2)18-22-21-16(26-18)3-4-17(24)23-7-8-25-11-14(10-23)9-15-5-6-19-12-20-15/h5-6,12-14H,3-4,7-11H2,1-2H3/t14-/m0/s1. The number of aryl methyl sites for hydroxylation is 1. The zero-order chi connectivity index (χ0) is 18.4. The number of carbonyl (C=O) groups is 1. The molecule has 0 saturated carbocycles. The van der Waals surface area contributed by atoms with Crippen molar-refractivity contribution in [2.45, 2.75) is 39.0 Å². The van der Waals surface area contributed by atoms with Crippen LogP contribution < -0.4 is 0 Å². The average Bonchev–Trinajstić information content (AvgIpc) is 3.00. The van der Waals surface area contributed by atoms with Crippen molar-refractivity contribution < 1.29 is 13.9 Å². The fraction of sp³-hybridized carbons (Fsp3) is 0.611. The summed E-state index contributed by atoms with van der Waals surface area (Å²) in [6.07, 6.45) is 4.88. The van der Waals surface area contributed by atoms with Crippen LogP contribution in [0.3, 0.4) is 0 Å². The summed E-state index contributed by atoms with van der Waals surface area (Å²) in [4.78, 5) is 22.7. The summed E-state index contributed by atoms with van der Waals surface area (Å²) in [5.41, 5.74) is 0.968. The lowest BCUT2D eigenvalue weighted by Crippen LogP contribution is -2.36. The quantitative estimate of drug-likeness (QED) is 0.774. The highest BCUT2D eigenvalue weighted by atomic mass is 16.5. The molecule has 1 atom stereocenters. The van der Waals surface area contributed by atoms with Gasteiger partial charge in [-0.2, -0.15) is 0 Å². The molecule has 1 fully saturated rings. The smallest absolute Gasteiger partial charge is 0.223 e. The van der Waals surface area contributed by atoms with Crippen molar-refractivity contribution in [2.24, 2.45) is 5.92 Å². The van der Waals surface area contributed by atoms with E-state index in [4.69, 9.17) is 9.15 Å². The van der Waals surface area contributed by atoms with E-state index in [1.54, 1.807) is 12.5 Å². The van der Waals surface area contributed by atoms with Gasteiger partial charge in [-0.05, 0) is 12.5 Å². The van der Waals surface area contributed by atoms with Crippen LogP contribution in [-0.2, 0) is 22.4 Å². The van der Waals surface area contributed by atoms with E-state index in [0.29, 0.717) is 50.9 Å². The van der Waals surface area contributed by atoms with Gasteiger partial charge in [-0.3, -0.25) is 4.79 Å². The Morgan fingerprint density at radius 1 is 1.38 bits per heavy atom. The normalized spacial score (nSPS) is 18.1. The third kappa shape index (κ3) is 5.08. The molecular formula is C18H25N5O3. The maximum Gasteiger partial charge on any atom is 0.223 e. The molecule has 140 valence electrons. The summed E-state index contributed by atoms with van der Waals surface area (Å²) in [6, 6.07) is 1.90. The molecule has 2 aromatic heterocycles. The third-order valence-electron chi connectivity index (χ3n) is 4.36. The molecule has 1 saturated heterocycles. The van der Waals surface area contributed by atoms with Gasteiger partial charge in [0, 0.05) is 49.7 Å². The summed E-state index contributed by atoms with van der Waals surface area (Å²) in [7, 11) is 0. The molecule has 1 amide bonds.